The molecule has 0 radical (unpaired) electrons. The number of alkyl halides is 4. The minimum absolute atomic E-state index is 0.190. The first-order valence-corrected chi connectivity index (χ1v) is 4.55. The number of rotatable bonds is 5. The van der Waals surface area contributed by atoms with E-state index in [0.29, 0.717) is 12.0 Å². The highest BCUT2D eigenvalue weighted by molar-refractivity contribution is 5.38. The van der Waals surface area contributed by atoms with Gasteiger partial charge in [-0.1, -0.05) is 6.92 Å². The lowest BCUT2D eigenvalue weighted by atomic mass is 10.1. The molecular weight excluding hydrogens is 228 g/mol. The van der Waals surface area contributed by atoms with Crippen LogP contribution in [0, 0.1) is 0 Å². The van der Waals surface area contributed by atoms with Gasteiger partial charge in [-0.15, -0.1) is 0 Å². The Labute approximate surface area is 89.8 Å². The summed E-state index contributed by atoms with van der Waals surface area (Å²) in [5.41, 5.74) is 0.578. The molecule has 0 heterocycles. The lowest BCUT2D eigenvalue weighted by Crippen LogP contribution is -2.05. The topological polar surface area (TPSA) is 18.5 Å². The molecule has 0 aliphatic rings. The summed E-state index contributed by atoms with van der Waals surface area (Å²) in [6.07, 6.45) is 0.500. The van der Waals surface area contributed by atoms with Crippen molar-refractivity contribution in [1.82, 2.24) is 0 Å². The molecule has 0 saturated carbocycles. The van der Waals surface area contributed by atoms with Crippen LogP contribution in [0.3, 0.4) is 0 Å². The third kappa shape index (κ3) is 3.96. The minimum atomic E-state index is -2.99. The van der Waals surface area contributed by atoms with Crippen LogP contribution in [0.25, 0.3) is 0 Å². The fraction of sp³-hybridized carbons (Fsp3) is 0.400. The number of halogens is 4. The van der Waals surface area contributed by atoms with Gasteiger partial charge in [0, 0.05) is 6.07 Å². The van der Waals surface area contributed by atoms with Gasteiger partial charge in [0.25, 0.3) is 0 Å². The molecule has 1 rings (SSSR count). The van der Waals surface area contributed by atoms with Crippen molar-refractivity contribution < 1.29 is 27.0 Å². The summed E-state index contributed by atoms with van der Waals surface area (Å²) in [5, 5.41) is 0. The van der Waals surface area contributed by atoms with E-state index < -0.39 is 13.2 Å². The van der Waals surface area contributed by atoms with Gasteiger partial charge < -0.3 is 9.47 Å². The van der Waals surface area contributed by atoms with Gasteiger partial charge in [-0.25, -0.2) is 0 Å². The van der Waals surface area contributed by atoms with Crippen LogP contribution >= 0.6 is 0 Å². The van der Waals surface area contributed by atoms with E-state index in [1.165, 1.54) is 12.1 Å². The van der Waals surface area contributed by atoms with Crippen molar-refractivity contribution in [2.45, 2.75) is 26.6 Å². The second kappa shape index (κ2) is 5.58. The van der Waals surface area contributed by atoms with E-state index in [1.54, 1.807) is 6.92 Å². The van der Waals surface area contributed by atoms with Gasteiger partial charge in [0.15, 0.2) is 0 Å². The van der Waals surface area contributed by atoms with E-state index in [2.05, 4.69) is 9.47 Å². The number of hydrogen-bond donors (Lipinski definition) is 0. The number of aryl methyl sites for hydroxylation is 1. The van der Waals surface area contributed by atoms with Crippen LogP contribution < -0.4 is 9.47 Å². The first kappa shape index (κ1) is 12.6. The molecule has 1 aromatic carbocycles. The fourth-order valence-corrected chi connectivity index (χ4v) is 1.18. The van der Waals surface area contributed by atoms with Crippen LogP contribution in [-0.4, -0.2) is 13.2 Å². The molecule has 0 aliphatic carbocycles. The summed E-state index contributed by atoms with van der Waals surface area (Å²) in [7, 11) is 0. The van der Waals surface area contributed by atoms with E-state index >= 15 is 0 Å². The zero-order chi connectivity index (χ0) is 12.1. The van der Waals surface area contributed by atoms with Crippen molar-refractivity contribution in [2.75, 3.05) is 0 Å². The lowest BCUT2D eigenvalue weighted by Gasteiger charge is -2.10. The number of hydrogen-bond acceptors (Lipinski definition) is 2. The zero-order valence-corrected chi connectivity index (χ0v) is 8.42. The first-order chi connectivity index (χ1) is 7.51. The molecule has 0 aromatic heterocycles. The fourth-order valence-electron chi connectivity index (χ4n) is 1.18. The quantitative estimate of drug-likeness (QED) is 0.731. The number of ether oxygens (including phenoxy) is 2. The summed E-state index contributed by atoms with van der Waals surface area (Å²) in [6, 6.07) is 3.70. The van der Waals surface area contributed by atoms with Gasteiger partial charge >= 0.3 is 13.2 Å². The highest BCUT2D eigenvalue weighted by Crippen LogP contribution is 2.25. The van der Waals surface area contributed by atoms with Crippen LogP contribution in [0.15, 0.2) is 18.2 Å². The molecule has 6 heteroatoms. The van der Waals surface area contributed by atoms with Crippen LogP contribution in [-0.2, 0) is 6.42 Å². The van der Waals surface area contributed by atoms with Crippen LogP contribution in [0.4, 0.5) is 17.6 Å². The molecule has 16 heavy (non-hydrogen) atoms. The minimum Gasteiger partial charge on any atom is -0.435 e. The average molecular weight is 238 g/mol. The Morgan fingerprint density at radius 3 is 1.69 bits per heavy atom. The molecule has 0 bridgehead atoms. The molecular formula is C10H10F4O2. The van der Waals surface area contributed by atoms with Gasteiger partial charge in [-0.3, -0.25) is 0 Å². The van der Waals surface area contributed by atoms with E-state index in [-0.39, 0.29) is 11.5 Å². The van der Waals surface area contributed by atoms with Crippen molar-refractivity contribution in [3.05, 3.63) is 23.8 Å². The molecule has 90 valence electrons. The predicted octanol–water partition coefficient (Wildman–Crippen LogP) is 3.45. The largest absolute Gasteiger partial charge is 0.435 e. The number of benzene rings is 1. The molecule has 2 nitrogen and oxygen atoms in total. The Hall–Kier alpha value is -1.46. The maximum absolute atomic E-state index is 11.9. The average Bonchev–Trinajstić information content (AvgIpc) is 2.14. The predicted molar refractivity (Wildman–Crippen MR) is 49.1 cm³/mol. The molecule has 0 aliphatic heterocycles. The molecule has 0 spiro atoms. The Balaban J connectivity index is 2.91. The van der Waals surface area contributed by atoms with Crippen molar-refractivity contribution >= 4 is 0 Å². The van der Waals surface area contributed by atoms with Gasteiger partial charge in [0.05, 0.1) is 0 Å². The maximum atomic E-state index is 11.9. The Morgan fingerprint density at radius 1 is 0.938 bits per heavy atom. The normalized spacial score (nSPS) is 10.9. The SMILES string of the molecule is CCc1cc(OC(F)F)cc(OC(F)F)c1. The summed E-state index contributed by atoms with van der Waals surface area (Å²) in [4.78, 5) is 0. The third-order valence-corrected chi connectivity index (χ3v) is 1.80. The first-order valence-electron chi connectivity index (χ1n) is 4.55. The second-order valence-corrected chi connectivity index (χ2v) is 2.92. The Kier molecular flexibility index (Phi) is 4.39. The molecule has 0 unspecified atom stereocenters. The monoisotopic (exact) mass is 238 g/mol. The van der Waals surface area contributed by atoms with Crippen LogP contribution in [0.1, 0.15) is 12.5 Å². The zero-order valence-electron chi connectivity index (χ0n) is 8.42. The standard InChI is InChI=1S/C10H10F4O2/c1-2-6-3-7(15-9(11)12)5-8(4-6)16-10(13)14/h3-5,9-10H,2H2,1H3. The molecule has 0 saturated heterocycles. The van der Waals surface area contributed by atoms with Gasteiger partial charge in [0.2, 0.25) is 0 Å². The molecule has 0 N–H and O–H groups in total. The van der Waals surface area contributed by atoms with Crippen LogP contribution in [0.2, 0.25) is 0 Å². The van der Waals surface area contributed by atoms with Crippen molar-refractivity contribution in [1.29, 1.82) is 0 Å². The van der Waals surface area contributed by atoms with E-state index in [1.807, 2.05) is 0 Å². The smallest absolute Gasteiger partial charge is 0.387 e. The third-order valence-electron chi connectivity index (χ3n) is 1.80. The molecule has 1 aromatic rings. The molecule has 0 atom stereocenters. The Morgan fingerprint density at radius 2 is 1.38 bits per heavy atom. The highest BCUT2D eigenvalue weighted by Gasteiger charge is 2.10. The maximum Gasteiger partial charge on any atom is 0.387 e. The summed E-state index contributed by atoms with van der Waals surface area (Å²) >= 11 is 0. The van der Waals surface area contributed by atoms with Crippen molar-refractivity contribution in [3.63, 3.8) is 0 Å². The highest BCUT2D eigenvalue weighted by atomic mass is 19.3. The summed E-state index contributed by atoms with van der Waals surface area (Å²) < 4.78 is 56.0. The summed E-state index contributed by atoms with van der Waals surface area (Å²) in [5.74, 6) is -0.380. The van der Waals surface area contributed by atoms with Gasteiger partial charge in [-0.2, -0.15) is 17.6 Å². The second-order valence-electron chi connectivity index (χ2n) is 2.92. The molecule has 0 amide bonds. The summed E-state index contributed by atoms with van der Waals surface area (Å²) in [6.45, 7) is -4.23. The van der Waals surface area contributed by atoms with E-state index in [4.69, 9.17) is 0 Å². The van der Waals surface area contributed by atoms with E-state index in [0.717, 1.165) is 6.07 Å². The Bertz CT molecular complexity index is 313. The van der Waals surface area contributed by atoms with Gasteiger partial charge in [-0.05, 0) is 24.1 Å². The lowest BCUT2D eigenvalue weighted by molar-refractivity contribution is -0.0543. The van der Waals surface area contributed by atoms with Crippen molar-refractivity contribution in [3.8, 4) is 11.5 Å². The van der Waals surface area contributed by atoms with Crippen LogP contribution in [0.5, 0.6) is 11.5 Å². The van der Waals surface area contributed by atoms with Crippen molar-refractivity contribution in [2.24, 2.45) is 0 Å². The van der Waals surface area contributed by atoms with E-state index in [9.17, 15) is 17.6 Å². The van der Waals surface area contributed by atoms with Gasteiger partial charge in [0.1, 0.15) is 11.5 Å². The molecule has 0 fully saturated rings.